The Morgan fingerprint density at radius 1 is 1.26 bits per heavy atom. The van der Waals surface area contributed by atoms with Crippen molar-refractivity contribution in [3.8, 4) is 0 Å². The van der Waals surface area contributed by atoms with Crippen molar-refractivity contribution in [1.29, 1.82) is 0 Å². The molecule has 0 bridgehead atoms. The molecule has 3 N–H and O–H groups in total. The summed E-state index contributed by atoms with van der Waals surface area (Å²) in [6.45, 7) is 5.97. The average Bonchev–Trinajstić information content (AvgIpc) is 2.82. The van der Waals surface area contributed by atoms with Crippen molar-refractivity contribution in [2.45, 2.75) is 13.1 Å². The van der Waals surface area contributed by atoms with E-state index in [0.717, 1.165) is 55.1 Å². The number of hydrogen-bond acceptors (Lipinski definition) is 4. The Bertz CT molecular complexity index is 554. The van der Waals surface area contributed by atoms with Crippen LogP contribution in [-0.2, 0) is 13.1 Å². The molecule has 0 amide bonds. The second-order valence-electron chi connectivity index (χ2n) is 5.32. The lowest BCUT2D eigenvalue weighted by Gasteiger charge is -2.31. The molecule has 0 aliphatic carbocycles. The summed E-state index contributed by atoms with van der Waals surface area (Å²) < 4.78 is 0. The first-order valence-electron chi connectivity index (χ1n) is 6.83. The van der Waals surface area contributed by atoms with E-state index in [1.165, 1.54) is 0 Å². The summed E-state index contributed by atoms with van der Waals surface area (Å²) in [7, 11) is 2.17. The van der Waals surface area contributed by atoms with Crippen LogP contribution in [0, 0.1) is 0 Å². The van der Waals surface area contributed by atoms with Gasteiger partial charge in [0.05, 0.1) is 17.6 Å². The molecule has 102 valence electrons. The lowest BCUT2D eigenvalue weighted by atomic mass is 10.2. The average molecular weight is 259 g/mol. The van der Waals surface area contributed by atoms with Crippen LogP contribution in [-0.4, -0.2) is 53.0 Å². The number of fused-ring (bicyclic) bond motifs is 1. The fourth-order valence-corrected chi connectivity index (χ4v) is 2.53. The molecule has 0 spiro atoms. The van der Waals surface area contributed by atoms with Gasteiger partial charge in [0, 0.05) is 32.7 Å². The van der Waals surface area contributed by atoms with Crippen LogP contribution in [0.15, 0.2) is 18.2 Å². The third kappa shape index (κ3) is 2.78. The smallest absolute Gasteiger partial charge is 0.121 e. The van der Waals surface area contributed by atoms with Crippen LogP contribution in [0.2, 0.25) is 0 Å². The number of imidazole rings is 1. The number of H-pyrrole nitrogens is 1. The maximum atomic E-state index is 5.66. The maximum absolute atomic E-state index is 5.66. The number of rotatable bonds is 3. The van der Waals surface area contributed by atoms with Gasteiger partial charge in [0.1, 0.15) is 5.82 Å². The molecule has 2 aromatic rings. The first-order chi connectivity index (χ1) is 9.24. The highest BCUT2D eigenvalue weighted by Gasteiger charge is 2.15. The second kappa shape index (κ2) is 5.28. The number of piperazine rings is 1. The molecule has 1 fully saturated rings. The van der Waals surface area contributed by atoms with E-state index in [9.17, 15) is 0 Å². The normalized spacial score (nSPS) is 18.2. The number of hydrogen-bond donors (Lipinski definition) is 2. The van der Waals surface area contributed by atoms with Crippen LogP contribution in [0.4, 0.5) is 0 Å². The highest BCUT2D eigenvalue weighted by atomic mass is 15.3. The summed E-state index contributed by atoms with van der Waals surface area (Å²) in [5.74, 6) is 1.05. The van der Waals surface area contributed by atoms with E-state index in [0.29, 0.717) is 6.54 Å². The van der Waals surface area contributed by atoms with Crippen molar-refractivity contribution in [3.05, 3.63) is 29.6 Å². The Kier molecular flexibility index (Phi) is 3.50. The van der Waals surface area contributed by atoms with Gasteiger partial charge in [-0.15, -0.1) is 0 Å². The van der Waals surface area contributed by atoms with Gasteiger partial charge >= 0.3 is 0 Å². The minimum atomic E-state index is 0.572. The summed E-state index contributed by atoms with van der Waals surface area (Å²) in [6, 6.07) is 6.18. The molecular weight excluding hydrogens is 238 g/mol. The summed E-state index contributed by atoms with van der Waals surface area (Å²) in [4.78, 5) is 12.9. The van der Waals surface area contributed by atoms with Crippen molar-refractivity contribution in [1.82, 2.24) is 19.8 Å². The van der Waals surface area contributed by atoms with Crippen molar-refractivity contribution in [2.24, 2.45) is 5.73 Å². The number of nitrogens with zero attached hydrogens (tertiary/aromatic N) is 3. The zero-order valence-electron chi connectivity index (χ0n) is 11.4. The van der Waals surface area contributed by atoms with Crippen LogP contribution < -0.4 is 5.73 Å². The van der Waals surface area contributed by atoms with E-state index < -0.39 is 0 Å². The summed E-state index contributed by atoms with van der Waals surface area (Å²) >= 11 is 0. The van der Waals surface area contributed by atoms with Gasteiger partial charge < -0.3 is 15.6 Å². The number of aromatic amines is 1. The molecule has 1 aromatic carbocycles. The second-order valence-corrected chi connectivity index (χ2v) is 5.32. The first kappa shape index (κ1) is 12.6. The predicted octanol–water partition coefficient (Wildman–Crippen LogP) is 0.769. The molecule has 1 aliphatic heterocycles. The zero-order chi connectivity index (χ0) is 13.2. The summed E-state index contributed by atoms with van der Waals surface area (Å²) in [5, 5.41) is 0. The fraction of sp³-hybridized carbons (Fsp3) is 0.500. The van der Waals surface area contributed by atoms with Gasteiger partial charge in [0.15, 0.2) is 0 Å². The highest BCUT2D eigenvalue weighted by Crippen LogP contribution is 2.15. The molecule has 0 atom stereocenters. The number of nitrogens with one attached hydrogen (secondary N) is 1. The molecule has 3 rings (SSSR count). The van der Waals surface area contributed by atoms with E-state index >= 15 is 0 Å². The number of benzene rings is 1. The Labute approximate surface area is 113 Å². The van der Waals surface area contributed by atoms with E-state index in [4.69, 9.17) is 5.73 Å². The quantitative estimate of drug-likeness (QED) is 0.854. The molecule has 1 aromatic heterocycles. The van der Waals surface area contributed by atoms with Gasteiger partial charge in [-0.1, -0.05) is 6.07 Å². The SMILES string of the molecule is CN1CCN(Cc2nc3ccc(CN)cc3[nH]2)CC1. The monoisotopic (exact) mass is 259 g/mol. The van der Waals surface area contributed by atoms with Crippen molar-refractivity contribution < 1.29 is 0 Å². The highest BCUT2D eigenvalue weighted by molar-refractivity contribution is 5.75. The maximum Gasteiger partial charge on any atom is 0.121 e. The number of aromatic nitrogens is 2. The van der Waals surface area contributed by atoms with E-state index in [-0.39, 0.29) is 0 Å². The molecule has 2 heterocycles. The molecule has 1 saturated heterocycles. The van der Waals surface area contributed by atoms with Gasteiger partial charge in [-0.25, -0.2) is 4.98 Å². The van der Waals surface area contributed by atoms with Crippen molar-refractivity contribution in [2.75, 3.05) is 33.2 Å². The molecule has 0 saturated carbocycles. The minimum absolute atomic E-state index is 0.572. The minimum Gasteiger partial charge on any atom is -0.341 e. The van der Waals surface area contributed by atoms with Crippen LogP contribution in [0.3, 0.4) is 0 Å². The van der Waals surface area contributed by atoms with E-state index in [2.05, 4.69) is 32.9 Å². The first-order valence-corrected chi connectivity index (χ1v) is 6.83. The molecule has 0 unspecified atom stereocenters. The topological polar surface area (TPSA) is 61.2 Å². The van der Waals surface area contributed by atoms with Gasteiger partial charge in [0.2, 0.25) is 0 Å². The molecule has 5 heteroatoms. The van der Waals surface area contributed by atoms with Gasteiger partial charge in [0.25, 0.3) is 0 Å². The molecule has 0 radical (unpaired) electrons. The predicted molar refractivity (Wildman–Crippen MR) is 76.8 cm³/mol. The Hall–Kier alpha value is -1.43. The fourth-order valence-electron chi connectivity index (χ4n) is 2.53. The molecule has 5 nitrogen and oxygen atoms in total. The Balaban J connectivity index is 1.74. The van der Waals surface area contributed by atoms with Crippen molar-refractivity contribution >= 4 is 11.0 Å². The van der Waals surface area contributed by atoms with Gasteiger partial charge in [-0.3, -0.25) is 4.90 Å². The van der Waals surface area contributed by atoms with Gasteiger partial charge in [-0.2, -0.15) is 0 Å². The summed E-state index contributed by atoms with van der Waals surface area (Å²) in [5.41, 5.74) is 8.92. The Morgan fingerprint density at radius 3 is 2.79 bits per heavy atom. The van der Waals surface area contributed by atoms with Gasteiger partial charge in [-0.05, 0) is 24.7 Å². The lowest BCUT2D eigenvalue weighted by Crippen LogP contribution is -2.44. The Morgan fingerprint density at radius 2 is 2.05 bits per heavy atom. The molecular formula is C14H21N5. The summed E-state index contributed by atoms with van der Waals surface area (Å²) in [6.07, 6.45) is 0. The molecule has 1 aliphatic rings. The largest absolute Gasteiger partial charge is 0.341 e. The van der Waals surface area contributed by atoms with Crippen LogP contribution in [0.1, 0.15) is 11.4 Å². The van der Waals surface area contributed by atoms with E-state index in [1.807, 2.05) is 12.1 Å². The third-order valence-corrected chi connectivity index (χ3v) is 3.80. The lowest BCUT2D eigenvalue weighted by molar-refractivity contribution is 0.146. The number of likely N-dealkylation sites (N-methyl/N-ethyl adjacent to an activating group) is 1. The zero-order valence-corrected chi connectivity index (χ0v) is 11.4. The standard InChI is InChI=1S/C14H21N5/c1-18-4-6-19(7-5-18)10-14-16-12-3-2-11(9-15)8-13(12)17-14/h2-3,8H,4-7,9-10,15H2,1H3,(H,16,17). The van der Waals surface area contributed by atoms with Crippen LogP contribution >= 0.6 is 0 Å². The van der Waals surface area contributed by atoms with Crippen molar-refractivity contribution in [3.63, 3.8) is 0 Å². The van der Waals surface area contributed by atoms with Crippen LogP contribution in [0.5, 0.6) is 0 Å². The number of nitrogens with two attached hydrogens (primary N) is 1. The van der Waals surface area contributed by atoms with E-state index in [1.54, 1.807) is 0 Å². The molecule has 19 heavy (non-hydrogen) atoms. The van der Waals surface area contributed by atoms with Crippen LogP contribution in [0.25, 0.3) is 11.0 Å². The third-order valence-electron chi connectivity index (χ3n) is 3.80.